The molecule has 19 heavy (non-hydrogen) atoms. The molecule has 106 valence electrons. The molecule has 1 aromatic rings. The van der Waals surface area contributed by atoms with E-state index in [0.717, 1.165) is 32.7 Å². The van der Waals surface area contributed by atoms with Crippen LogP contribution in [0.3, 0.4) is 0 Å². The lowest BCUT2D eigenvalue weighted by atomic mass is 10.1. The zero-order chi connectivity index (χ0) is 13.7. The number of hydrogen-bond donors (Lipinski definition) is 1. The van der Waals surface area contributed by atoms with Crippen molar-refractivity contribution in [1.82, 2.24) is 5.32 Å². The maximum atomic E-state index is 5.41. The van der Waals surface area contributed by atoms with Gasteiger partial charge in [-0.25, -0.2) is 0 Å². The van der Waals surface area contributed by atoms with Crippen molar-refractivity contribution in [3.63, 3.8) is 0 Å². The van der Waals surface area contributed by atoms with Gasteiger partial charge in [-0.2, -0.15) is 0 Å². The van der Waals surface area contributed by atoms with Gasteiger partial charge in [0, 0.05) is 25.9 Å². The van der Waals surface area contributed by atoms with E-state index in [1.54, 1.807) is 7.11 Å². The summed E-state index contributed by atoms with van der Waals surface area (Å²) in [5.74, 6) is 0.689. The molecule has 0 amide bonds. The monoisotopic (exact) mass is 262 g/mol. The van der Waals surface area contributed by atoms with Crippen LogP contribution < -0.4 is 10.2 Å². The molecular formula is C16H26N2O. The quantitative estimate of drug-likeness (QED) is 0.816. The van der Waals surface area contributed by atoms with Gasteiger partial charge in [0.05, 0.1) is 12.6 Å². The van der Waals surface area contributed by atoms with Crippen molar-refractivity contribution in [3.05, 3.63) is 29.8 Å². The molecule has 0 radical (unpaired) electrons. The average Bonchev–Trinajstić information content (AvgIpc) is 2.81. The van der Waals surface area contributed by atoms with E-state index in [0.29, 0.717) is 12.0 Å². The summed E-state index contributed by atoms with van der Waals surface area (Å²) in [5.41, 5.74) is 2.85. The van der Waals surface area contributed by atoms with Crippen molar-refractivity contribution in [2.75, 3.05) is 38.3 Å². The molecule has 1 aliphatic rings. The average molecular weight is 262 g/mol. The summed E-state index contributed by atoms with van der Waals surface area (Å²) in [5, 5.41) is 3.56. The predicted octanol–water partition coefficient (Wildman–Crippen LogP) is 2.31. The summed E-state index contributed by atoms with van der Waals surface area (Å²) in [4.78, 5) is 2.49. The van der Waals surface area contributed by atoms with Crippen LogP contribution in [0.2, 0.25) is 0 Å². The van der Waals surface area contributed by atoms with Gasteiger partial charge in [-0.3, -0.25) is 0 Å². The molecular weight excluding hydrogens is 236 g/mol. The van der Waals surface area contributed by atoms with Crippen molar-refractivity contribution in [2.24, 2.45) is 5.92 Å². The van der Waals surface area contributed by atoms with E-state index >= 15 is 0 Å². The molecule has 1 aliphatic heterocycles. The van der Waals surface area contributed by atoms with Gasteiger partial charge in [0.1, 0.15) is 0 Å². The molecule has 1 aromatic carbocycles. The standard InChI is InChI=1S/C16H26N2O/c1-13(2)10-17-11-15(12-19-3)18-9-8-14-6-4-5-7-16(14)18/h4-7,13,15,17H,8-12H2,1-3H3. The SMILES string of the molecule is COCC(CNCC(C)C)N1CCc2ccccc21. The van der Waals surface area contributed by atoms with E-state index in [2.05, 4.69) is 48.3 Å². The van der Waals surface area contributed by atoms with Crippen molar-refractivity contribution < 1.29 is 4.74 Å². The summed E-state index contributed by atoms with van der Waals surface area (Å²) < 4.78 is 5.41. The highest BCUT2D eigenvalue weighted by atomic mass is 16.5. The first-order valence-electron chi connectivity index (χ1n) is 7.26. The molecule has 0 saturated carbocycles. The molecule has 3 heteroatoms. The third-order valence-electron chi connectivity index (χ3n) is 3.66. The highest BCUT2D eigenvalue weighted by molar-refractivity contribution is 5.58. The Morgan fingerprint density at radius 3 is 2.79 bits per heavy atom. The van der Waals surface area contributed by atoms with Gasteiger partial charge in [0.2, 0.25) is 0 Å². The number of anilines is 1. The number of para-hydroxylation sites is 1. The van der Waals surface area contributed by atoms with Crippen LogP contribution in [0.1, 0.15) is 19.4 Å². The summed E-state index contributed by atoms with van der Waals surface area (Å²) >= 11 is 0. The first kappa shape index (κ1) is 14.4. The van der Waals surface area contributed by atoms with Gasteiger partial charge in [0.15, 0.2) is 0 Å². The number of benzene rings is 1. The van der Waals surface area contributed by atoms with Gasteiger partial charge in [-0.05, 0) is 30.5 Å². The Hall–Kier alpha value is -1.06. The third-order valence-corrected chi connectivity index (χ3v) is 3.66. The Labute approximate surface area is 116 Å². The summed E-state index contributed by atoms with van der Waals surface area (Å²) in [6.45, 7) is 8.42. The van der Waals surface area contributed by atoms with Gasteiger partial charge < -0.3 is 15.0 Å². The predicted molar refractivity (Wildman–Crippen MR) is 80.9 cm³/mol. The second-order valence-corrected chi connectivity index (χ2v) is 5.73. The normalized spacial score (nSPS) is 15.9. The van der Waals surface area contributed by atoms with Crippen LogP contribution in [0.15, 0.2) is 24.3 Å². The lowest BCUT2D eigenvalue weighted by molar-refractivity contribution is 0.175. The van der Waals surface area contributed by atoms with E-state index < -0.39 is 0 Å². The van der Waals surface area contributed by atoms with Crippen molar-refractivity contribution in [2.45, 2.75) is 26.3 Å². The van der Waals surface area contributed by atoms with E-state index in [-0.39, 0.29) is 0 Å². The molecule has 1 heterocycles. The van der Waals surface area contributed by atoms with Gasteiger partial charge in [-0.15, -0.1) is 0 Å². The van der Waals surface area contributed by atoms with Crippen LogP contribution in [0, 0.1) is 5.92 Å². The lowest BCUT2D eigenvalue weighted by Crippen LogP contribution is -2.45. The highest BCUT2D eigenvalue weighted by Crippen LogP contribution is 2.29. The minimum atomic E-state index is 0.424. The number of hydrogen-bond acceptors (Lipinski definition) is 3. The molecule has 1 unspecified atom stereocenters. The number of nitrogens with one attached hydrogen (secondary N) is 1. The van der Waals surface area contributed by atoms with Crippen LogP contribution >= 0.6 is 0 Å². The van der Waals surface area contributed by atoms with Gasteiger partial charge in [0.25, 0.3) is 0 Å². The van der Waals surface area contributed by atoms with E-state index in [1.807, 2.05) is 0 Å². The number of ether oxygens (including phenoxy) is 1. The highest BCUT2D eigenvalue weighted by Gasteiger charge is 2.25. The molecule has 0 aliphatic carbocycles. The molecule has 0 aromatic heterocycles. The van der Waals surface area contributed by atoms with Crippen molar-refractivity contribution >= 4 is 5.69 Å². The number of nitrogens with zero attached hydrogens (tertiary/aromatic N) is 1. The molecule has 2 rings (SSSR count). The minimum Gasteiger partial charge on any atom is -0.383 e. The van der Waals surface area contributed by atoms with Crippen LogP contribution in [0.5, 0.6) is 0 Å². The Morgan fingerprint density at radius 1 is 1.26 bits per heavy atom. The lowest BCUT2D eigenvalue weighted by Gasteiger charge is -2.30. The Morgan fingerprint density at radius 2 is 2.05 bits per heavy atom. The fourth-order valence-electron chi connectivity index (χ4n) is 2.73. The van der Waals surface area contributed by atoms with Crippen molar-refractivity contribution in [3.8, 4) is 0 Å². The molecule has 0 spiro atoms. The molecule has 0 fully saturated rings. The summed E-state index contributed by atoms with van der Waals surface area (Å²) in [6, 6.07) is 9.15. The van der Waals surface area contributed by atoms with Crippen LogP contribution in [-0.2, 0) is 11.2 Å². The smallest absolute Gasteiger partial charge is 0.0678 e. The maximum absolute atomic E-state index is 5.41. The van der Waals surface area contributed by atoms with E-state index in [1.165, 1.54) is 11.3 Å². The zero-order valence-corrected chi connectivity index (χ0v) is 12.4. The second-order valence-electron chi connectivity index (χ2n) is 5.73. The first-order chi connectivity index (χ1) is 9.22. The van der Waals surface area contributed by atoms with Crippen molar-refractivity contribution in [1.29, 1.82) is 0 Å². The molecule has 1 N–H and O–H groups in total. The summed E-state index contributed by atoms with van der Waals surface area (Å²) in [6.07, 6.45) is 1.15. The fraction of sp³-hybridized carbons (Fsp3) is 0.625. The number of rotatable bonds is 7. The van der Waals surface area contributed by atoms with Gasteiger partial charge >= 0.3 is 0 Å². The molecule has 3 nitrogen and oxygen atoms in total. The third kappa shape index (κ3) is 3.71. The number of methoxy groups -OCH3 is 1. The van der Waals surface area contributed by atoms with E-state index in [9.17, 15) is 0 Å². The molecule has 0 bridgehead atoms. The van der Waals surface area contributed by atoms with Gasteiger partial charge in [-0.1, -0.05) is 32.0 Å². The zero-order valence-electron chi connectivity index (χ0n) is 12.4. The minimum absolute atomic E-state index is 0.424. The summed E-state index contributed by atoms with van der Waals surface area (Å²) in [7, 11) is 1.79. The van der Waals surface area contributed by atoms with Crippen LogP contribution in [0.4, 0.5) is 5.69 Å². The van der Waals surface area contributed by atoms with E-state index in [4.69, 9.17) is 4.74 Å². The Balaban J connectivity index is 1.99. The maximum Gasteiger partial charge on any atom is 0.0678 e. The Bertz CT molecular complexity index is 392. The topological polar surface area (TPSA) is 24.5 Å². The Kier molecular flexibility index (Phi) is 5.23. The first-order valence-corrected chi connectivity index (χ1v) is 7.26. The molecule has 1 atom stereocenters. The largest absolute Gasteiger partial charge is 0.383 e. The number of fused-ring (bicyclic) bond motifs is 1. The second kappa shape index (κ2) is 6.92. The molecule has 0 saturated heterocycles. The van der Waals surface area contributed by atoms with Crippen LogP contribution in [-0.4, -0.2) is 39.4 Å². The van der Waals surface area contributed by atoms with Crippen LogP contribution in [0.25, 0.3) is 0 Å². The fourth-order valence-corrected chi connectivity index (χ4v) is 2.73.